The third-order valence-electron chi connectivity index (χ3n) is 4.64. The van der Waals surface area contributed by atoms with E-state index in [0.717, 1.165) is 24.2 Å². The predicted octanol–water partition coefficient (Wildman–Crippen LogP) is 3.85. The fraction of sp³-hybridized carbons (Fsp3) is 0.632. The van der Waals surface area contributed by atoms with Crippen LogP contribution in [0.4, 0.5) is 0 Å². The Morgan fingerprint density at radius 2 is 1.68 bits per heavy atom. The molecule has 0 aromatic heterocycles. The van der Waals surface area contributed by atoms with Crippen LogP contribution in [0.25, 0.3) is 0 Å². The normalized spacial score (nSPS) is 12.1. The van der Waals surface area contributed by atoms with Gasteiger partial charge in [-0.05, 0) is 51.3 Å². The highest BCUT2D eigenvalue weighted by atomic mass is 35.5. The number of rotatable bonds is 10. The molecule has 1 aromatic carbocycles. The van der Waals surface area contributed by atoms with Crippen molar-refractivity contribution >= 4 is 18.3 Å². The van der Waals surface area contributed by atoms with E-state index in [1.54, 1.807) is 0 Å². The average Bonchev–Trinajstić information content (AvgIpc) is 2.59. The van der Waals surface area contributed by atoms with Gasteiger partial charge in [-0.25, -0.2) is 0 Å². The van der Waals surface area contributed by atoms with Crippen LogP contribution < -0.4 is 20.5 Å². The average molecular weight is 373 g/mol. The second-order valence-corrected chi connectivity index (χ2v) is 5.96. The third-order valence-corrected chi connectivity index (χ3v) is 4.64. The molecule has 1 amide bonds. The van der Waals surface area contributed by atoms with Gasteiger partial charge in [0.25, 0.3) is 0 Å². The zero-order valence-corrected chi connectivity index (χ0v) is 16.9. The van der Waals surface area contributed by atoms with Gasteiger partial charge in [0.05, 0.1) is 24.7 Å². The van der Waals surface area contributed by atoms with Crippen molar-refractivity contribution in [1.82, 2.24) is 5.32 Å². The SMILES string of the molecule is CCOc1ccc(C(C)NC(=O)C(CC)(CC)CN)cc1OCC.Cl. The first-order valence-corrected chi connectivity index (χ1v) is 8.88. The Hall–Kier alpha value is -1.46. The van der Waals surface area contributed by atoms with Gasteiger partial charge in [-0.1, -0.05) is 19.9 Å². The fourth-order valence-electron chi connectivity index (χ4n) is 2.72. The van der Waals surface area contributed by atoms with E-state index in [1.807, 2.05) is 52.8 Å². The van der Waals surface area contributed by atoms with Gasteiger partial charge >= 0.3 is 0 Å². The Bertz CT molecular complexity index is 525. The molecular formula is C19H33ClN2O3. The van der Waals surface area contributed by atoms with E-state index in [0.29, 0.717) is 25.5 Å². The smallest absolute Gasteiger partial charge is 0.227 e. The van der Waals surface area contributed by atoms with Gasteiger partial charge < -0.3 is 20.5 Å². The molecule has 1 rings (SSSR count). The van der Waals surface area contributed by atoms with Crippen molar-refractivity contribution in [3.05, 3.63) is 23.8 Å². The zero-order valence-electron chi connectivity index (χ0n) is 16.1. The zero-order chi connectivity index (χ0) is 18.2. The maximum Gasteiger partial charge on any atom is 0.227 e. The Labute approximate surface area is 158 Å². The third kappa shape index (κ3) is 5.79. The maximum atomic E-state index is 12.7. The van der Waals surface area contributed by atoms with Crippen molar-refractivity contribution in [2.24, 2.45) is 11.1 Å². The van der Waals surface area contributed by atoms with Crippen molar-refractivity contribution < 1.29 is 14.3 Å². The van der Waals surface area contributed by atoms with Crippen LogP contribution in [-0.4, -0.2) is 25.7 Å². The molecule has 25 heavy (non-hydrogen) atoms. The van der Waals surface area contributed by atoms with Crippen LogP contribution in [0.2, 0.25) is 0 Å². The van der Waals surface area contributed by atoms with Gasteiger partial charge in [-0.3, -0.25) is 4.79 Å². The Balaban J connectivity index is 0.00000576. The minimum absolute atomic E-state index is 0. The number of ether oxygens (including phenoxy) is 2. The van der Waals surface area contributed by atoms with Gasteiger partial charge in [0.1, 0.15) is 0 Å². The number of halogens is 1. The maximum absolute atomic E-state index is 12.7. The van der Waals surface area contributed by atoms with Crippen LogP contribution in [0.15, 0.2) is 18.2 Å². The summed E-state index contributed by atoms with van der Waals surface area (Å²) in [5, 5.41) is 3.10. The first kappa shape index (κ1) is 23.5. The van der Waals surface area contributed by atoms with Crippen LogP contribution in [-0.2, 0) is 4.79 Å². The quantitative estimate of drug-likeness (QED) is 0.654. The monoisotopic (exact) mass is 372 g/mol. The lowest BCUT2D eigenvalue weighted by Crippen LogP contribution is -2.46. The largest absolute Gasteiger partial charge is 0.490 e. The van der Waals surface area contributed by atoms with Crippen LogP contribution in [0.5, 0.6) is 11.5 Å². The number of amides is 1. The summed E-state index contributed by atoms with van der Waals surface area (Å²) >= 11 is 0. The standard InChI is InChI=1S/C19H32N2O3.ClH/c1-6-19(7-2,13-20)18(22)21-14(5)15-10-11-16(23-8-3)17(12-15)24-9-4;/h10-12,14H,6-9,13,20H2,1-5H3,(H,21,22);1H. The van der Waals surface area contributed by atoms with E-state index in [2.05, 4.69) is 5.32 Å². The molecule has 0 aliphatic carbocycles. The second-order valence-electron chi connectivity index (χ2n) is 5.96. The van der Waals surface area contributed by atoms with Crippen molar-refractivity contribution in [3.8, 4) is 11.5 Å². The molecule has 0 heterocycles. The summed E-state index contributed by atoms with van der Waals surface area (Å²) in [5.74, 6) is 1.43. The lowest BCUT2D eigenvalue weighted by atomic mass is 9.81. The van der Waals surface area contributed by atoms with Gasteiger partial charge in [-0.15, -0.1) is 12.4 Å². The van der Waals surface area contributed by atoms with E-state index in [4.69, 9.17) is 15.2 Å². The summed E-state index contributed by atoms with van der Waals surface area (Å²) in [6.07, 6.45) is 1.46. The molecule has 6 heteroatoms. The number of benzene rings is 1. The molecule has 1 unspecified atom stereocenters. The molecule has 0 fully saturated rings. The molecule has 1 aromatic rings. The number of hydrogen-bond acceptors (Lipinski definition) is 4. The van der Waals surface area contributed by atoms with E-state index < -0.39 is 5.41 Å². The first-order chi connectivity index (χ1) is 11.5. The molecule has 0 aliphatic heterocycles. The number of nitrogens with two attached hydrogens (primary N) is 1. The predicted molar refractivity (Wildman–Crippen MR) is 105 cm³/mol. The minimum Gasteiger partial charge on any atom is -0.490 e. The van der Waals surface area contributed by atoms with E-state index in [-0.39, 0.29) is 24.4 Å². The van der Waals surface area contributed by atoms with Crippen molar-refractivity contribution in [2.75, 3.05) is 19.8 Å². The first-order valence-electron chi connectivity index (χ1n) is 8.88. The summed E-state index contributed by atoms with van der Waals surface area (Å²) in [6.45, 7) is 11.3. The lowest BCUT2D eigenvalue weighted by molar-refractivity contribution is -0.131. The summed E-state index contributed by atoms with van der Waals surface area (Å²) < 4.78 is 11.2. The number of carbonyl (C=O) groups is 1. The molecule has 144 valence electrons. The summed E-state index contributed by atoms with van der Waals surface area (Å²) in [4.78, 5) is 12.7. The van der Waals surface area contributed by atoms with E-state index in [1.165, 1.54) is 0 Å². The Kier molecular flexibility index (Phi) is 10.6. The summed E-state index contributed by atoms with van der Waals surface area (Å²) in [7, 11) is 0. The Morgan fingerprint density at radius 3 is 2.16 bits per heavy atom. The summed E-state index contributed by atoms with van der Waals surface area (Å²) in [5.41, 5.74) is 6.35. The molecule has 0 saturated heterocycles. The molecule has 1 atom stereocenters. The molecule has 0 saturated carbocycles. The van der Waals surface area contributed by atoms with Crippen molar-refractivity contribution in [1.29, 1.82) is 0 Å². The summed E-state index contributed by atoms with van der Waals surface area (Å²) in [6, 6.07) is 5.65. The number of hydrogen-bond donors (Lipinski definition) is 2. The molecule has 0 radical (unpaired) electrons. The van der Waals surface area contributed by atoms with Crippen molar-refractivity contribution in [2.45, 2.75) is 53.5 Å². The van der Waals surface area contributed by atoms with Crippen LogP contribution in [0.3, 0.4) is 0 Å². The molecule has 0 aliphatic rings. The van der Waals surface area contributed by atoms with Gasteiger partial charge in [0.2, 0.25) is 5.91 Å². The number of carbonyl (C=O) groups excluding carboxylic acids is 1. The molecule has 3 N–H and O–H groups in total. The molecule has 0 bridgehead atoms. The lowest BCUT2D eigenvalue weighted by Gasteiger charge is -2.30. The van der Waals surface area contributed by atoms with E-state index in [9.17, 15) is 4.79 Å². The Morgan fingerprint density at radius 1 is 1.12 bits per heavy atom. The van der Waals surface area contributed by atoms with Gasteiger partial charge in [-0.2, -0.15) is 0 Å². The number of nitrogens with one attached hydrogen (secondary N) is 1. The second kappa shape index (κ2) is 11.2. The van der Waals surface area contributed by atoms with Crippen LogP contribution >= 0.6 is 12.4 Å². The highest BCUT2D eigenvalue weighted by molar-refractivity contribution is 5.85. The van der Waals surface area contributed by atoms with Crippen LogP contribution in [0, 0.1) is 5.41 Å². The van der Waals surface area contributed by atoms with Gasteiger partial charge in [0, 0.05) is 6.54 Å². The topological polar surface area (TPSA) is 73.6 Å². The van der Waals surface area contributed by atoms with Crippen molar-refractivity contribution in [3.63, 3.8) is 0 Å². The molecular weight excluding hydrogens is 340 g/mol. The highest BCUT2D eigenvalue weighted by Crippen LogP contribution is 2.32. The van der Waals surface area contributed by atoms with E-state index >= 15 is 0 Å². The highest BCUT2D eigenvalue weighted by Gasteiger charge is 2.34. The fourth-order valence-corrected chi connectivity index (χ4v) is 2.72. The van der Waals surface area contributed by atoms with Crippen LogP contribution in [0.1, 0.15) is 59.1 Å². The molecule has 0 spiro atoms. The molecule has 5 nitrogen and oxygen atoms in total. The minimum atomic E-state index is -0.498. The van der Waals surface area contributed by atoms with Gasteiger partial charge in [0.15, 0.2) is 11.5 Å².